The number of phosphoric ester groups is 1. The largest absolute Gasteiger partial charge is 0.472 e. The van der Waals surface area contributed by atoms with E-state index >= 15 is 0 Å². The molecule has 2 N–H and O–H groups in total. The summed E-state index contributed by atoms with van der Waals surface area (Å²) in [6, 6.07) is -0.861. The summed E-state index contributed by atoms with van der Waals surface area (Å²) >= 11 is 0. The van der Waals surface area contributed by atoms with E-state index in [4.69, 9.17) is 13.8 Å². The molecule has 0 radical (unpaired) electrons. The van der Waals surface area contributed by atoms with Gasteiger partial charge >= 0.3 is 13.8 Å². The van der Waals surface area contributed by atoms with Crippen molar-refractivity contribution in [1.29, 1.82) is 0 Å². The Morgan fingerprint density at radius 1 is 0.479 bits per heavy atom. The van der Waals surface area contributed by atoms with Crippen LogP contribution in [0.1, 0.15) is 278 Å². The lowest BCUT2D eigenvalue weighted by Gasteiger charge is -2.27. The average molecular weight is 1050 g/mol. The van der Waals surface area contributed by atoms with Crippen LogP contribution < -0.4 is 5.32 Å². The number of hydrogen-bond acceptors (Lipinski definition) is 6. The fraction of sp³-hybridized carbons (Fsp3) is 0.810. The first-order chi connectivity index (χ1) is 35.4. The van der Waals surface area contributed by atoms with E-state index in [9.17, 15) is 19.0 Å². The highest BCUT2D eigenvalue weighted by Crippen LogP contribution is 2.43. The fourth-order valence-corrected chi connectivity index (χ4v) is 9.38. The van der Waals surface area contributed by atoms with Crippen molar-refractivity contribution in [3.8, 4) is 0 Å². The first kappa shape index (κ1) is 70.7. The standard InChI is InChI=1S/C63H117N2O7P/c1-7-10-13-16-19-22-25-27-29-31-32-34-36-38-41-44-47-50-53-56-63(67)72-61(54-51-48-45-42-39-24-21-18-15-12-9-3)60(59-71-73(68,69)70-58-57-65(4,5)6)64-62(66)55-52-49-46-43-40-37-35-33-30-28-26-23-20-17-14-11-8-2/h20,23,27-30,35,37,51,54,60-61H,7-19,21-22,24-26,31-34,36,38-50,52-53,55-59H2,1-6H3,(H-,64,66,68,69)/p+1/b23-20-,29-27+,30-28-,37-35-,54-51+. The number of esters is 1. The number of ether oxygens (including phenoxy) is 1. The third-order valence-electron chi connectivity index (χ3n) is 13.4. The Bertz CT molecular complexity index is 1440. The highest BCUT2D eigenvalue weighted by Gasteiger charge is 2.30. The summed E-state index contributed by atoms with van der Waals surface area (Å²) in [6.07, 6.45) is 66.4. The molecule has 0 saturated carbocycles. The Kier molecular flexibility index (Phi) is 51.5. The summed E-state index contributed by atoms with van der Waals surface area (Å²) in [5.41, 5.74) is 0. The zero-order chi connectivity index (χ0) is 53.6. The van der Waals surface area contributed by atoms with Gasteiger partial charge in [-0.2, -0.15) is 0 Å². The van der Waals surface area contributed by atoms with Crippen molar-refractivity contribution in [2.45, 2.75) is 290 Å². The minimum atomic E-state index is -4.45. The Morgan fingerprint density at radius 3 is 1.29 bits per heavy atom. The number of rotatable bonds is 55. The third-order valence-corrected chi connectivity index (χ3v) is 14.4. The minimum Gasteiger partial charge on any atom is -0.456 e. The van der Waals surface area contributed by atoms with Gasteiger partial charge in [-0.05, 0) is 96.0 Å². The van der Waals surface area contributed by atoms with E-state index in [-0.39, 0.29) is 31.5 Å². The van der Waals surface area contributed by atoms with Crippen LogP contribution in [0.5, 0.6) is 0 Å². The summed E-state index contributed by atoms with van der Waals surface area (Å²) in [5.74, 6) is -0.529. The molecule has 0 heterocycles. The van der Waals surface area contributed by atoms with Crippen molar-refractivity contribution in [3.63, 3.8) is 0 Å². The highest BCUT2D eigenvalue weighted by atomic mass is 31.2. The van der Waals surface area contributed by atoms with Crippen LogP contribution in [0.3, 0.4) is 0 Å². The van der Waals surface area contributed by atoms with Gasteiger partial charge in [0.15, 0.2) is 0 Å². The van der Waals surface area contributed by atoms with Crippen LogP contribution in [0, 0.1) is 0 Å². The molecular weight excluding hydrogens is 928 g/mol. The number of amides is 1. The molecule has 3 atom stereocenters. The monoisotopic (exact) mass is 1050 g/mol. The van der Waals surface area contributed by atoms with E-state index in [2.05, 4.69) is 74.7 Å². The molecule has 9 nitrogen and oxygen atoms in total. The van der Waals surface area contributed by atoms with Crippen molar-refractivity contribution in [3.05, 3.63) is 60.8 Å². The molecular formula is C63H118N2O7P+. The molecule has 3 unspecified atom stereocenters. The Morgan fingerprint density at radius 2 is 0.836 bits per heavy atom. The van der Waals surface area contributed by atoms with E-state index in [1.54, 1.807) is 0 Å². The lowest BCUT2D eigenvalue weighted by molar-refractivity contribution is -0.870. The smallest absolute Gasteiger partial charge is 0.456 e. The molecule has 0 rings (SSSR count). The maximum absolute atomic E-state index is 13.5. The van der Waals surface area contributed by atoms with Gasteiger partial charge < -0.3 is 19.4 Å². The van der Waals surface area contributed by atoms with Gasteiger partial charge in [0, 0.05) is 12.8 Å². The van der Waals surface area contributed by atoms with Gasteiger partial charge in [-0.15, -0.1) is 0 Å². The van der Waals surface area contributed by atoms with Gasteiger partial charge in [0.2, 0.25) is 5.91 Å². The molecule has 0 bridgehead atoms. The van der Waals surface area contributed by atoms with Crippen molar-refractivity contribution in [2.75, 3.05) is 40.9 Å². The van der Waals surface area contributed by atoms with Crippen LogP contribution in [0.25, 0.3) is 0 Å². The minimum absolute atomic E-state index is 0.0343. The Balaban J connectivity index is 5.27. The first-order valence-corrected chi connectivity index (χ1v) is 32.1. The zero-order valence-electron chi connectivity index (χ0n) is 48.6. The normalized spacial score (nSPS) is 14.1. The SMILES string of the molecule is CCCCC/C=C\C/C=C\C/C=C\CCCCCCC(=O)NC(COP(=O)(O)OCC[N+](C)(C)C)C(/C=C/CCCCCCCCCCC)OC(=O)CCCCCCCCCCC/C=C/CCCCCCCC. The summed E-state index contributed by atoms with van der Waals surface area (Å²) in [4.78, 5) is 37.6. The molecule has 0 saturated heterocycles. The molecule has 10 heteroatoms. The number of nitrogens with one attached hydrogen (secondary N) is 1. The molecule has 0 aromatic carbocycles. The molecule has 0 fully saturated rings. The van der Waals surface area contributed by atoms with Crippen molar-refractivity contribution in [2.24, 2.45) is 0 Å². The van der Waals surface area contributed by atoms with E-state index in [0.717, 1.165) is 83.5 Å². The van der Waals surface area contributed by atoms with Crippen molar-refractivity contribution >= 4 is 19.7 Å². The summed E-state index contributed by atoms with van der Waals surface area (Å²) < 4.78 is 30.6. The molecule has 0 aliphatic carbocycles. The van der Waals surface area contributed by atoms with Gasteiger partial charge in [0.1, 0.15) is 19.3 Å². The number of hydrogen-bond donors (Lipinski definition) is 2. The van der Waals surface area contributed by atoms with Crippen LogP contribution in [0.2, 0.25) is 0 Å². The number of allylic oxidation sites excluding steroid dienone is 9. The predicted octanol–water partition coefficient (Wildman–Crippen LogP) is 18.7. The van der Waals surface area contributed by atoms with Gasteiger partial charge in [-0.1, -0.05) is 230 Å². The maximum Gasteiger partial charge on any atom is 0.472 e. The lowest BCUT2D eigenvalue weighted by atomic mass is 10.0. The van der Waals surface area contributed by atoms with Crippen molar-refractivity contribution in [1.82, 2.24) is 5.32 Å². The van der Waals surface area contributed by atoms with E-state index in [1.165, 1.54) is 161 Å². The van der Waals surface area contributed by atoms with Gasteiger partial charge in [-0.25, -0.2) is 4.57 Å². The molecule has 73 heavy (non-hydrogen) atoms. The molecule has 0 aliphatic rings. The first-order valence-electron chi connectivity index (χ1n) is 30.6. The average Bonchev–Trinajstić information content (AvgIpc) is 3.35. The second-order valence-electron chi connectivity index (χ2n) is 21.9. The number of phosphoric acid groups is 1. The molecule has 0 aromatic heterocycles. The molecule has 0 aromatic rings. The number of nitrogens with zero attached hydrogens (tertiary/aromatic N) is 1. The fourth-order valence-electron chi connectivity index (χ4n) is 8.65. The van der Waals surface area contributed by atoms with Crippen LogP contribution in [0.15, 0.2) is 60.8 Å². The number of carbonyl (C=O) groups is 2. The number of unbranched alkanes of at least 4 members (excludes halogenated alkanes) is 31. The highest BCUT2D eigenvalue weighted by molar-refractivity contribution is 7.47. The molecule has 426 valence electrons. The molecule has 0 aliphatic heterocycles. The number of quaternary nitrogens is 1. The van der Waals surface area contributed by atoms with Crippen LogP contribution in [-0.4, -0.2) is 74.3 Å². The molecule has 1 amide bonds. The summed E-state index contributed by atoms with van der Waals surface area (Å²) in [6.45, 7) is 6.97. The quantitative estimate of drug-likeness (QED) is 0.0205. The van der Waals surface area contributed by atoms with Crippen LogP contribution >= 0.6 is 7.82 Å². The lowest BCUT2D eigenvalue weighted by Crippen LogP contribution is -2.47. The topological polar surface area (TPSA) is 111 Å². The van der Waals surface area contributed by atoms with Crippen LogP contribution in [-0.2, 0) is 27.9 Å². The van der Waals surface area contributed by atoms with Gasteiger partial charge in [0.25, 0.3) is 0 Å². The number of carbonyl (C=O) groups excluding carboxylic acids is 2. The number of likely N-dealkylation sites (N-methyl/N-ethyl adjacent to an activating group) is 1. The molecule has 0 spiro atoms. The van der Waals surface area contributed by atoms with Gasteiger partial charge in [0.05, 0.1) is 33.8 Å². The Hall–Kier alpha value is -2.29. The predicted molar refractivity (Wildman–Crippen MR) is 314 cm³/mol. The third kappa shape index (κ3) is 54.3. The van der Waals surface area contributed by atoms with E-state index in [0.29, 0.717) is 17.4 Å². The zero-order valence-corrected chi connectivity index (χ0v) is 49.5. The summed E-state index contributed by atoms with van der Waals surface area (Å²) in [5, 5.41) is 3.04. The van der Waals surface area contributed by atoms with Crippen molar-refractivity contribution < 1.29 is 37.3 Å². The summed E-state index contributed by atoms with van der Waals surface area (Å²) in [7, 11) is 1.48. The van der Waals surface area contributed by atoms with Crippen LogP contribution in [0.4, 0.5) is 0 Å². The maximum atomic E-state index is 13.5. The van der Waals surface area contributed by atoms with E-state index in [1.807, 2.05) is 33.3 Å². The van der Waals surface area contributed by atoms with Gasteiger partial charge in [-0.3, -0.25) is 18.6 Å². The second-order valence-corrected chi connectivity index (χ2v) is 23.3. The van der Waals surface area contributed by atoms with E-state index < -0.39 is 20.0 Å². The second kappa shape index (κ2) is 53.1. The Labute approximate surface area is 451 Å².